The van der Waals surface area contributed by atoms with Gasteiger partial charge in [-0.2, -0.15) is 0 Å². The second-order valence-electron chi connectivity index (χ2n) is 4.91. The maximum Gasteiger partial charge on any atom is 0.306 e. The van der Waals surface area contributed by atoms with E-state index in [0.717, 1.165) is 32.1 Å². The average molecular weight is 252 g/mol. The molecule has 1 aromatic heterocycles. The predicted octanol–water partition coefficient (Wildman–Crippen LogP) is 3.74. The number of aliphatic carboxylic acids is 1. The van der Waals surface area contributed by atoms with Gasteiger partial charge in [-0.25, -0.2) is 0 Å². The first-order valence-corrected chi connectivity index (χ1v) is 7.32. The number of carboxylic acids is 1. The van der Waals surface area contributed by atoms with Crippen molar-refractivity contribution in [3.8, 4) is 0 Å². The van der Waals surface area contributed by atoms with Gasteiger partial charge in [-0.05, 0) is 43.7 Å². The van der Waals surface area contributed by atoms with Crippen LogP contribution in [0.4, 0.5) is 0 Å². The lowest BCUT2D eigenvalue weighted by atomic mass is 9.77. The summed E-state index contributed by atoms with van der Waals surface area (Å²) in [5.74, 6) is -0.359. The Morgan fingerprint density at radius 1 is 1.35 bits per heavy atom. The van der Waals surface area contributed by atoms with Crippen LogP contribution in [0, 0.1) is 11.8 Å². The summed E-state index contributed by atoms with van der Waals surface area (Å²) in [5, 5.41) is 9.24. The minimum Gasteiger partial charge on any atom is -0.481 e. The molecule has 0 aromatic carbocycles. The minimum absolute atomic E-state index is 0.115. The molecule has 2 atom stereocenters. The van der Waals surface area contributed by atoms with Gasteiger partial charge in [0.1, 0.15) is 0 Å². The Bertz CT molecular complexity index is 383. The van der Waals surface area contributed by atoms with Crippen molar-refractivity contribution in [2.45, 2.75) is 45.4 Å². The van der Waals surface area contributed by atoms with Gasteiger partial charge in [0.05, 0.1) is 5.92 Å². The standard InChI is InChI=1S/C14H20O2S/c1-2-11-7-8-12(17-11)9-10-5-3-4-6-13(10)14(15)16/h7-8,10,13H,2-6,9H2,1H3,(H,15,16). The molecule has 0 spiro atoms. The lowest BCUT2D eigenvalue weighted by Crippen LogP contribution is -2.28. The molecular weight excluding hydrogens is 232 g/mol. The summed E-state index contributed by atoms with van der Waals surface area (Å²) in [7, 11) is 0. The van der Waals surface area contributed by atoms with Gasteiger partial charge < -0.3 is 5.11 Å². The molecular formula is C14H20O2S. The summed E-state index contributed by atoms with van der Waals surface area (Å²) in [6.45, 7) is 2.16. The second kappa shape index (κ2) is 5.67. The van der Waals surface area contributed by atoms with Crippen LogP contribution >= 0.6 is 11.3 Å². The fraction of sp³-hybridized carbons (Fsp3) is 0.643. The van der Waals surface area contributed by atoms with E-state index in [-0.39, 0.29) is 5.92 Å². The molecule has 2 unspecified atom stereocenters. The van der Waals surface area contributed by atoms with E-state index < -0.39 is 5.97 Å². The van der Waals surface area contributed by atoms with E-state index in [1.807, 2.05) is 11.3 Å². The van der Waals surface area contributed by atoms with Crippen molar-refractivity contribution in [2.75, 3.05) is 0 Å². The zero-order valence-electron chi connectivity index (χ0n) is 10.3. The topological polar surface area (TPSA) is 37.3 Å². The minimum atomic E-state index is -0.595. The van der Waals surface area contributed by atoms with Gasteiger partial charge in [0.25, 0.3) is 0 Å². The molecule has 1 aliphatic carbocycles. The summed E-state index contributed by atoms with van der Waals surface area (Å²) in [6, 6.07) is 4.36. The first-order valence-electron chi connectivity index (χ1n) is 6.51. The quantitative estimate of drug-likeness (QED) is 0.886. The highest BCUT2D eigenvalue weighted by atomic mass is 32.1. The monoisotopic (exact) mass is 252 g/mol. The van der Waals surface area contributed by atoms with Crippen LogP contribution in [0.1, 0.15) is 42.4 Å². The van der Waals surface area contributed by atoms with Crippen molar-refractivity contribution in [2.24, 2.45) is 11.8 Å². The van der Waals surface area contributed by atoms with Crippen LogP contribution in [0.25, 0.3) is 0 Å². The molecule has 0 amide bonds. The van der Waals surface area contributed by atoms with Crippen LogP contribution < -0.4 is 0 Å². The first-order chi connectivity index (χ1) is 8.20. The number of carbonyl (C=O) groups is 1. The van der Waals surface area contributed by atoms with Gasteiger partial charge in [0.15, 0.2) is 0 Å². The number of aryl methyl sites for hydroxylation is 1. The van der Waals surface area contributed by atoms with Gasteiger partial charge in [-0.1, -0.05) is 19.8 Å². The molecule has 1 aliphatic rings. The summed E-state index contributed by atoms with van der Waals surface area (Å²) in [6.07, 6.45) is 6.26. The van der Waals surface area contributed by atoms with Crippen molar-refractivity contribution in [3.05, 3.63) is 21.9 Å². The third-order valence-corrected chi connectivity index (χ3v) is 5.01. The molecule has 1 N–H and O–H groups in total. The Labute approximate surface area is 107 Å². The van der Waals surface area contributed by atoms with Gasteiger partial charge in [0, 0.05) is 9.75 Å². The predicted molar refractivity (Wildman–Crippen MR) is 70.5 cm³/mol. The molecule has 1 heterocycles. The summed E-state index contributed by atoms with van der Waals surface area (Å²) >= 11 is 1.85. The highest BCUT2D eigenvalue weighted by Gasteiger charge is 2.30. The second-order valence-corrected chi connectivity index (χ2v) is 6.17. The fourth-order valence-corrected chi connectivity index (χ4v) is 3.81. The summed E-state index contributed by atoms with van der Waals surface area (Å²) in [5.41, 5.74) is 0. The van der Waals surface area contributed by atoms with E-state index in [0.29, 0.717) is 5.92 Å². The van der Waals surface area contributed by atoms with Gasteiger partial charge in [-0.3, -0.25) is 4.79 Å². The normalized spacial score (nSPS) is 24.8. The number of carboxylic acid groups (broad SMARTS) is 1. The number of hydrogen-bond donors (Lipinski definition) is 1. The molecule has 0 bridgehead atoms. The molecule has 3 heteroatoms. The van der Waals surface area contributed by atoms with Crippen molar-refractivity contribution in [3.63, 3.8) is 0 Å². The lowest BCUT2D eigenvalue weighted by molar-refractivity contribution is -0.144. The van der Waals surface area contributed by atoms with Gasteiger partial charge in [0.2, 0.25) is 0 Å². The first kappa shape index (κ1) is 12.6. The maximum absolute atomic E-state index is 11.2. The smallest absolute Gasteiger partial charge is 0.306 e. The summed E-state index contributed by atoms with van der Waals surface area (Å²) < 4.78 is 0. The van der Waals surface area contributed by atoms with Crippen molar-refractivity contribution in [1.82, 2.24) is 0 Å². The van der Waals surface area contributed by atoms with E-state index in [9.17, 15) is 9.90 Å². The molecule has 0 saturated heterocycles. The molecule has 1 saturated carbocycles. The third-order valence-electron chi connectivity index (χ3n) is 3.76. The zero-order chi connectivity index (χ0) is 12.3. The van der Waals surface area contributed by atoms with E-state index in [1.54, 1.807) is 0 Å². The van der Waals surface area contributed by atoms with Crippen molar-refractivity contribution in [1.29, 1.82) is 0 Å². The molecule has 2 rings (SSSR count). The Hall–Kier alpha value is -0.830. The Kier molecular flexibility index (Phi) is 4.21. The molecule has 0 radical (unpaired) electrons. The molecule has 1 fully saturated rings. The molecule has 2 nitrogen and oxygen atoms in total. The van der Waals surface area contributed by atoms with Crippen LogP contribution in [0.3, 0.4) is 0 Å². The molecule has 94 valence electrons. The van der Waals surface area contributed by atoms with Crippen molar-refractivity contribution >= 4 is 17.3 Å². The average Bonchev–Trinajstić information content (AvgIpc) is 2.77. The highest BCUT2D eigenvalue weighted by Crippen LogP contribution is 2.34. The van der Waals surface area contributed by atoms with Crippen LogP contribution in [0.2, 0.25) is 0 Å². The van der Waals surface area contributed by atoms with Crippen molar-refractivity contribution < 1.29 is 9.90 Å². The van der Waals surface area contributed by atoms with Gasteiger partial charge in [-0.15, -0.1) is 11.3 Å². The number of hydrogen-bond acceptors (Lipinski definition) is 2. The molecule has 0 aliphatic heterocycles. The number of thiophene rings is 1. The van der Waals surface area contributed by atoms with Gasteiger partial charge >= 0.3 is 5.97 Å². The fourth-order valence-electron chi connectivity index (χ4n) is 2.76. The highest BCUT2D eigenvalue weighted by molar-refractivity contribution is 7.11. The largest absolute Gasteiger partial charge is 0.481 e. The Balaban J connectivity index is 2.02. The van der Waals surface area contributed by atoms with E-state index in [2.05, 4.69) is 19.1 Å². The van der Waals surface area contributed by atoms with E-state index in [1.165, 1.54) is 16.2 Å². The lowest BCUT2D eigenvalue weighted by Gasteiger charge is -2.28. The van der Waals surface area contributed by atoms with Crippen LogP contribution in [0.5, 0.6) is 0 Å². The summed E-state index contributed by atoms with van der Waals surface area (Å²) in [4.78, 5) is 14.0. The maximum atomic E-state index is 11.2. The van der Waals surface area contributed by atoms with Crippen LogP contribution in [-0.2, 0) is 17.6 Å². The van der Waals surface area contributed by atoms with E-state index in [4.69, 9.17) is 0 Å². The van der Waals surface area contributed by atoms with Crippen LogP contribution in [-0.4, -0.2) is 11.1 Å². The Morgan fingerprint density at radius 2 is 2.06 bits per heavy atom. The van der Waals surface area contributed by atoms with Crippen LogP contribution in [0.15, 0.2) is 12.1 Å². The number of rotatable bonds is 4. The molecule has 1 aromatic rings. The van der Waals surface area contributed by atoms with E-state index >= 15 is 0 Å². The Morgan fingerprint density at radius 3 is 2.71 bits per heavy atom. The SMILES string of the molecule is CCc1ccc(CC2CCCCC2C(=O)O)s1. The molecule has 17 heavy (non-hydrogen) atoms. The third kappa shape index (κ3) is 3.09. The zero-order valence-corrected chi connectivity index (χ0v) is 11.1.